The fourth-order valence-electron chi connectivity index (χ4n) is 2.58. The van der Waals surface area contributed by atoms with Crippen LogP contribution in [0, 0.1) is 5.82 Å². The summed E-state index contributed by atoms with van der Waals surface area (Å²) in [6, 6.07) is 8.36. The van der Waals surface area contributed by atoms with Crippen LogP contribution < -0.4 is 5.32 Å². The highest BCUT2D eigenvalue weighted by atomic mass is 19.1. The van der Waals surface area contributed by atoms with Gasteiger partial charge in [-0.2, -0.15) is 5.10 Å². The van der Waals surface area contributed by atoms with Crippen molar-refractivity contribution < 1.29 is 9.18 Å². The standard InChI is InChI=1S/C16H12FN5O/c1-18-16(23)8-2-3-12-14(5-8)21-15(20-12)9-4-11(17)10-7-19-22-13(10)6-9/h2-7H,1H3,(H,18,23)(H,19,22)(H,20,21). The SMILES string of the molecule is CNC(=O)c1ccc2nc(-c3cc(F)c4cn[nH]c4c3)[nH]c2c1. The number of fused-ring (bicyclic) bond motifs is 2. The minimum Gasteiger partial charge on any atom is -0.355 e. The topological polar surface area (TPSA) is 86.5 Å². The predicted molar refractivity (Wildman–Crippen MR) is 84.5 cm³/mol. The second-order valence-electron chi connectivity index (χ2n) is 5.19. The lowest BCUT2D eigenvalue weighted by Crippen LogP contribution is -2.17. The van der Waals surface area contributed by atoms with Crippen molar-refractivity contribution in [1.82, 2.24) is 25.5 Å². The second-order valence-corrected chi connectivity index (χ2v) is 5.19. The Bertz CT molecular complexity index is 1050. The monoisotopic (exact) mass is 309 g/mol. The number of hydrogen-bond acceptors (Lipinski definition) is 3. The van der Waals surface area contributed by atoms with Crippen LogP contribution in [-0.2, 0) is 0 Å². The molecule has 7 heteroatoms. The smallest absolute Gasteiger partial charge is 0.251 e. The molecule has 6 nitrogen and oxygen atoms in total. The highest BCUT2D eigenvalue weighted by Crippen LogP contribution is 2.26. The van der Waals surface area contributed by atoms with Gasteiger partial charge < -0.3 is 10.3 Å². The van der Waals surface area contributed by atoms with Gasteiger partial charge in [-0.25, -0.2) is 9.37 Å². The number of carbonyl (C=O) groups is 1. The van der Waals surface area contributed by atoms with Crippen LogP contribution in [0.2, 0.25) is 0 Å². The van der Waals surface area contributed by atoms with Crippen molar-refractivity contribution in [1.29, 1.82) is 0 Å². The summed E-state index contributed by atoms with van der Waals surface area (Å²) in [5, 5.41) is 9.60. The Kier molecular flexibility index (Phi) is 2.87. The third-order valence-corrected chi connectivity index (χ3v) is 3.75. The summed E-state index contributed by atoms with van der Waals surface area (Å²) in [6.07, 6.45) is 1.45. The third-order valence-electron chi connectivity index (χ3n) is 3.75. The largest absolute Gasteiger partial charge is 0.355 e. The molecule has 0 saturated heterocycles. The normalized spacial score (nSPS) is 11.2. The van der Waals surface area contributed by atoms with Gasteiger partial charge in [0.1, 0.15) is 11.6 Å². The van der Waals surface area contributed by atoms with Gasteiger partial charge in [-0.1, -0.05) is 0 Å². The van der Waals surface area contributed by atoms with Crippen molar-refractivity contribution in [2.45, 2.75) is 0 Å². The van der Waals surface area contributed by atoms with Crippen LogP contribution in [0.1, 0.15) is 10.4 Å². The van der Waals surface area contributed by atoms with Crippen molar-refractivity contribution in [3.8, 4) is 11.4 Å². The van der Waals surface area contributed by atoms with E-state index in [1.807, 2.05) is 0 Å². The number of halogens is 1. The van der Waals surface area contributed by atoms with Gasteiger partial charge in [-0.15, -0.1) is 0 Å². The molecule has 3 N–H and O–H groups in total. The maximum Gasteiger partial charge on any atom is 0.251 e. The molecule has 4 aromatic rings. The van der Waals surface area contributed by atoms with Crippen molar-refractivity contribution in [3.63, 3.8) is 0 Å². The Hall–Kier alpha value is -3.22. The molecule has 0 bridgehead atoms. The molecule has 2 aromatic heterocycles. The number of aromatic nitrogens is 4. The van der Waals surface area contributed by atoms with Crippen LogP contribution in [0.15, 0.2) is 36.5 Å². The predicted octanol–water partition coefficient (Wildman–Crippen LogP) is 2.60. The third kappa shape index (κ3) is 2.13. The Morgan fingerprint density at radius 3 is 2.91 bits per heavy atom. The number of rotatable bonds is 2. The molecule has 0 fully saturated rings. The quantitative estimate of drug-likeness (QED) is 0.532. The van der Waals surface area contributed by atoms with Crippen LogP contribution in [0.4, 0.5) is 4.39 Å². The average Bonchev–Trinajstić information content (AvgIpc) is 3.19. The molecule has 114 valence electrons. The first-order chi connectivity index (χ1) is 11.2. The minimum absolute atomic E-state index is 0.173. The lowest BCUT2D eigenvalue weighted by molar-refractivity contribution is 0.0963. The zero-order valence-electron chi connectivity index (χ0n) is 12.1. The van der Waals surface area contributed by atoms with Gasteiger partial charge in [0.25, 0.3) is 5.91 Å². The summed E-state index contributed by atoms with van der Waals surface area (Å²) in [6.45, 7) is 0. The van der Waals surface area contributed by atoms with E-state index in [2.05, 4.69) is 25.5 Å². The summed E-state index contributed by atoms with van der Waals surface area (Å²) < 4.78 is 14.1. The van der Waals surface area contributed by atoms with Gasteiger partial charge in [0.15, 0.2) is 0 Å². The zero-order chi connectivity index (χ0) is 16.0. The number of H-pyrrole nitrogens is 2. The molecule has 0 atom stereocenters. The zero-order valence-corrected chi connectivity index (χ0v) is 12.1. The molecule has 23 heavy (non-hydrogen) atoms. The summed E-state index contributed by atoms with van der Waals surface area (Å²) in [4.78, 5) is 19.3. The van der Waals surface area contributed by atoms with E-state index in [9.17, 15) is 9.18 Å². The van der Waals surface area contributed by atoms with Crippen LogP contribution in [0.25, 0.3) is 33.3 Å². The minimum atomic E-state index is -0.363. The van der Waals surface area contributed by atoms with E-state index in [1.165, 1.54) is 12.3 Å². The fraction of sp³-hybridized carbons (Fsp3) is 0.0625. The first-order valence-corrected chi connectivity index (χ1v) is 7.00. The van der Waals surface area contributed by atoms with E-state index in [1.54, 1.807) is 31.3 Å². The second kappa shape index (κ2) is 4.91. The molecular formula is C16H12FN5O. The van der Waals surface area contributed by atoms with Gasteiger partial charge in [0, 0.05) is 18.2 Å². The molecule has 1 amide bonds. The van der Waals surface area contributed by atoms with Crippen molar-refractivity contribution in [2.75, 3.05) is 7.05 Å². The molecule has 0 unspecified atom stereocenters. The maximum absolute atomic E-state index is 14.1. The summed E-state index contributed by atoms with van der Waals surface area (Å²) in [7, 11) is 1.58. The molecule has 0 aliphatic carbocycles. The summed E-state index contributed by atoms with van der Waals surface area (Å²) in [5.41, 5.74) is 3.16. The van der Waals surface area contributed by atoms with E-state index < -0.39 is 0 Å². The van der Waals surface area contributed by atoms with Gasteiger partial charge >= 0.3 is 0 Å². The van der Waals surface area contributed by atoms with E-state index in [0.29, 0.717) is 38.9 Å². The highest BCUT2D eigenvalue weighted by molar-refractivity contribution is 5.97. The molecule has 2 heterocycles. The fourth-order valence-corrected chi connectivity index (χ4v) is 2.58. The Morgan fingerprint density at radius 1 is 1.22 bits per heavy atom. The molecular weight excluding hydrogens is 297 g/mol. The molecule has 0 radical (unpaired) electrons. The van der Waals surface area contributed by atoms with Gasteiger partial charge in [-0.05, 0) is 30.3 Å². The summed E-state index contributed by atoms with van der Waals surface area (Å²) >= 11 is 0. The first-order valence-electron chi connectivity index (χ1n) is 7.00. The highest BCUT2D eigenvalue weighted by Gasteiger charge is 2.12. The number of benzene rings is 2. The number of amides is 1. The van der Waals surface area contributed by atoms with Crippen molar-refractivity contribution in [2.24, 2.45) is 0 Å². The molecule has 0 aliphatic heterocycles. The molecule has 2 aromatic carbocycles. The molecule has 0 spiro atoms. The van der Waals surface area contributed by atoms with Crippen molar-refractivity contribution in [3.05, 3.63) is 47.9 Å². The van der Waals surface area contributed by atoms with Gasteiger partial charge in [0.2, 0.25) is 0 Å². The van der Waals surface area contributed by atoms with E-state index >= 15 is 0 Å². The van der Waals surface area contributed by atoms with E-state index in [4.69, 9.17) is 0 Å². The number of hydrogen-bond donors (Lipinski definition) is 3. The number of nitrogens with zero attached hydrogens (tertiary/aromatic N) is 2. The van der Waals surface area contributed by atoms with Crippen LogP contribution >= 0.6 is 0 Å². The van der Waals surface area contributed by atoms with Gasteiger partial charge in [0.05, 0.1) is 28.1 Å². The van der Waals surface area contributed by atoms with Gasteiger partial charge in [-0.3, -0.25) is 9.89 Å². The van der Waals surface area contributed by atoms with E-state index in [-0.39, 0.29) is 11.7 Å². The first kappa shape index (κ1) is 13.4. The van der Waals surface area contributed by atoms with Crippen LogP contribution in [0.3, 0.4) is 0 Å². The lowest BCUT2D eigenvalue weighted by atomic mass is 10.1. The number of nitrogens with one attached hydrogen (secondary N) is 3. The number of carbonyl (C=O) groups excluding carboxylic acids is 1. The number of aromatic amines is 2. The lowest BCUT2D eigenvalue weighted by Gasteiger charge is -1.99. The Balaban J connectivity index is 1.85. The number of imidazole rings is 1. The van der Waals surface area contributed by atoms with E-state index in [0.717, 1.165) is 0 Å². The molecule has 0 aliphatic rings. The summed E-state index contributed by atoms with van der Waals surface area (Å²) in [5.74, 6) is -0.00446. The maximum atomic E-state index is 14.1. The molecule has 0 saturated carbocycles. The van der Waals surface area contributed by atoms with Crippen molar-refractivity contribution >= 4 is 27.8 Å². The molecule has 4 rings (SSSR count). The van der Waals surface area contributed by atoms with Crippen LogP contribution in [0.5, 0.6) is 0 Å². The Morgan fingerprint density at radius 2 is 2.09 bits per heavy atom. The average molecular weight is 309 g/mol. The Labute approximate surface area is 129 Å². The van der Waals surface area contributed by atoms with Crippen LogP contribution in [-0.4, -0.2) is 33.1 Å².